The van der Waals surface area contributed by atoms with E-state index in [2.05, 4.69) is 17.9 Å². The number of carbonyl (C=O) groups is 1. The SMILES string of the molecule is O=C(OCc1ccccc1)P(PP)P(O)P. The van der Waals surface area contributed by atoms with Crippen LogP contribution in [0.2, 0.25) is 0 Å². The fraction of sp³-hybridized carbons (Fsp3) is 0.125. The van der Waals surface area contributed by atoms with Crippen LogP contribution in [0.1, 0.15) is 5.56 Å². The Balaban J connectivity index is 2.46. The van der Waals surface area contributed by atoms with Gasteiger partial charge in [0.05, 0.1) is 14.8 Å². The number of rotatable bonds is 5. The van der Waals surface area contributed by atoms with Gasteiger partial charge in [0.2, 0.25) is 0 Å². The molecule has 0 fully saturated rings. The molecule has 0 aliphatic rings. The van der Waals surface area contributed by atoms with Gasteiger partial charge in [-0.15, -0.1) is 8.93 Å². The molecule has 0 radical (unpaired) electrons. The third-order valence-corrected chi connectivity index (χ3v) is 17.2. The molecule has 3 nitrogen and oxygen atoms in total. The molecule has 1 aromatic carbocycles. The van der Waals surface area contributed by atoms with Gasteiger partial charge >= 0.3 is 5.71 Å². The van der Waals surface area contributed by atoms with Gasteiger partial charge in [0, 0.05) is 0 Å². The van der Waals surface area contributed by atoms with Crippen LogP contribution in [0.3, 0.4) is 0 Å². The van der Waals surface area contributed by atoms with Crippen LogP contribution in [0.5, 0.6) is 0 Å². The van der Waals surface area contributed by atoms with Crippen molar-refractivity contribution in [2.75, 3.05) is 0 Å². The summed E-state index contributed by atoms with van der Waals surface area (Å²) in [6, 6.07) is 9.52. The summed E-state index contributed by atoms with van der Waals surface area (Å²) < 4.78 is 5.17. The van der Waals surface area contributed by atoms with E-state index in [-0.39, 0.29) is 12.3 Å². The van der Waals surface area contributed by atoms with Crippen LogP contribution in [-0.4, -0.2) is 10.6 Å². The molecule has 1 aromatic rings. The Hall–Kier alpha value is 0.800. The van der Waals surface area contributed by atoms with Gasteiger partial charge in [-0.1, -0.05) is 47.2 Å². The number of benzene rings is 1. The monoisotopic (exact) mass is 312 g/mol. The standard InChI is InChI=1S/C8H13O3P5/c9-8(15(14-12)16(10)13)11-6-7-4-2-1-3-5-7/h1-5,10,14H,6,12-13H2. The van der Waals surface area contributed by atoms with E-state index >= 15 is 0 Å². The van der Waals surface area contributed by atoms with Gasteiger partial charge < -0.3 is 9.63 Å². The maximum Gasteiger partial charge on any atom is 0.338 e. The highest BCUT2D eigenvalue weighted by Gasteiger charge is 2.23. The third-order valence-electron chi connectivity index (χ3n) is 1.71. The molecule has 16 heavy (non-hydrogen) atoms. The Bertz CT molecular complexity index is 332. The molecule has 0 aliphatic heterocycles. The van der Waals surface area contributed by atoms with E-state index in [0.717, 1.165) is 5.56 Å². The summed E-state index contributed by atoms with van der Waals surface area (Å²) in [5.41, 5.74) is 0.694. The van der Waals surface area contributed by atoms with Crippen molar-refractivity contribution >= 4 is 46.3 Å². The van der Waals surface area contributed by atoms with Crippen LogP contribution in [-0.2, 0) is 11.3 Å². The zero-order chi connectivity index (χ0) is 12.0. The normalized spacial score (nSPS) is 14.9. The molecule has 8 heteroatoms. The molecule has 1 rings (SSSR count). The fourth-order valence-corrected chi connectivity index (χ4v) is 14.5. The van der Waals surface area contributed by atoms with Gasteiger partial charge in [0.15, 0.2) is 0 Å². The first-order valence-corrected chi connectivity index (χ1v) is 13.0. The van der Waals surface area contributed by atoms with Gasteiger partial charge in [-0.25, -0.2) is 4.79 Å². The smallest absolute Gasteiger partial charge is 0.338 e. The summed E-state index contributed by atoms with van der Waals surface area (Å²) in [6.45, 7) is 0.279. The first-order valence-electron chi connectivity index (χ1n) is 4.36. The molecule has 0 heterocycles. The topological polar surface area (TPSA) is 46.5 Å². The molecule has 0 saturated carbocycles. The first-order chi connectivity index (χ1) is 7.65. The molecule has 88 valence electrons. The number of carbonyl (C=O) groups excluding carboxylic acids is 1. The van der Waals surface area contributed by atoms with Crippen molar-refractivity contribution in [1.29, 1.82) is 0 Å². The highest BCUT2D eigenvalue weighted by molar-refractivity contribution is 8.79. The van der Waals surface area contributed by atoms with E-state index in [1.165, 1.54) is 0 Å². The summed E-state index contributed by atoms with van der Waals surface area (Å²) in [4.78, 5) is 21.1. The molecule has 1 N–H and O–H groups in total. The minimum absolute atomic E-state index is 0.268. The van der Waals surface area contributed by atoms with E-state index in [9.17, 15) is 9.69 Å². The number of hydrogen-bond acceptors (Lipinski definition) is 3. The van der Waals surface area contributed by atoms with Gasteiger partial charge in [-0.2, -0.15) is 0 Å². The molecule has 0 amide bonds. The Morgan fingerprint density at radius 3 is 2.56 bits per heavy atom. The maximum absolute atomic E-state index is 11.6. The molecule has 0 aromatic heterocycles. The van der Waals surface area contributed by atoms with E-state index in [0.29, 0.717) is 7.96 Å². The number of ether oxygens (including phenoxy) is 1. The Morgan fingerprint density at radius 1 is 1.44 bits per heavy atom. The van der Waals surface area contributed by atoms with E-state index in [4.69, 9.17) is 4.74 Å². The van der Waals surface area contributed by atoms with Crippen molar-refractivity contribution < 1.29 is 14.4 Å². The summed E-state index contributed by atoms with van der Waals surface area (Å²) in [5, 5.41) is 0. The molecular weight excluding hydrogens is 299 g/mol. The van der Waals surface area contributed by atoms with Crippen molar-refractivity contribution in [2.24, 2.45) is 0 Å². The van der Waals surface area contributed by atoms with Crippen molar-refractivity contribution in [3.05, 3.63) is 35.9 Å². The van der Waals surface area contributed by atoms with Crippen LogP contribution < -0.4 is 0 Å². The Morgan fingerprint density at radius 2 is 2.06 bits per heavy atom. The summed E-state index contributed by atoms with van der Waals surface area (Å²) >= 11 is 0. The second-order valence-corrected chi connectivity index (χ2v) is 15.5. The maximum atomic E-state index is 11.6. The minimum Gasteiger partial charge on any atom is -0.457 e. The van der Waals surface area contributed by atoms with Gasteiger partial charge in [0.1, 0.15) is 6.61 Å². The molecule has 0 bridgehead atoms. The van der Waals surface area contributed by atoms with Crippen molar-refractivity contribution in [1.82, 2.24) is 0 Å². The Labute approximate surface area is 103 Å². The van der Waals surface area contributed by atoms with E-state index < -0.39 is 14.8 Å². The summed E-state index contributed by atoms with van der Waals surface area (Å²) in [6.07, 6.45) is 0. The lowest BCUT2D eigenvalue weighted by atomic mass is 10.2. The van der Waals surface area contributed by atoms with E-state index in [1.807, 2.05) is 30.3 Å². The molecular formula is C8H13O3P5. The van der Waals surface area contributed by atoms with Crippen LogP contribution >= 0.6 is 40.6 Å². The second-order valence-electron chi connectivity index (χ2n) is 2.80. The van der Waals surface area contributed by atoms with Gasteiger partial charge in [-0.05, 0) is 5.56 Å². The van der Waals surface area contributed by atoms with Crippen LogP contribution in [0, 0.1) is 0 Å². The molecule has 0 spiro atoms. The summed E-state index contributed by atoms with van der Waals surface area (Å²) in [7, 11) is 2.81. The highest BCUT2D eigenvalue weighted by Crippen LogP contribution is 2.83. The minimum atomic E-state index is -1.29. The lowest BCUT2D eigenvalue weighted by Crippen LogP contribution is -1.97. The average molecular weight is 312 g/mol. The molecule has 0 aliphatic carbocycles. The highest BCUT2D eigenvalue weighted by atomic mass is 32.7. The van der Waals surface area contributed by atoms with E-state index in [1.54, 1.807) is 0 Å². The van der Waals surface area contributed by atoms with Gasteiger partial charge in [-0.3, -0.25) is 0 Å². The number of hydrogen-bond donors (Lipinski definition) is 1. The largest absolute Gasteiger partial charge is 0.457 e. The van der Waals surface area contributed by atoms with Crippen LogP contribution in [0.4, 0.5) is 4.79 Å². The fourth-order valence-electron chi connectivity index (χ4n) is 0.976. The third kappa shape index (κ3) is 4.98. The zero-order valence-corrected chi connectivity index (χ0v) is 13.5. The molecule has 5 atom stereocenters. The first kappa shape index (κ1) is 14.9. The van der Waals surface area contributed by atoms with Gasteiger partial charge in [0.25, 0.3) is 0 Å². The predicted molar refractivity (Wildman–Crippen MR) is 80.4 cm³/mol. The predicted octanol–water partition coefficient (Wildman–Crippen LogP) is 4.28. The lowest BCUT2D eigenvalue weighted by Gasteiger charge is -2.15. The lowest BCUT2D eigenvalue weighted by molar-refractivity contribution is 0.168. The molecule has 0 saturated heterocycles. The van der Waals surface area contributed by atoms with Crippen LogP contribution in [0.15, 0.2) is 30.3 Å². The van der Waals surface area contributed by atoms with Crippen molar-refractivity contribution in [2.45, 2.75) is 6.61 Å². The Kier molecular flexibility index (Phi) is 7.43. The molecule has 5 unspecified atom stereocenters. The van der Waals surface area contributed by atoms with Crippen molar-refractivity contribution in [3.63, 3.8) is 0 Å². The quantitative estimate of drug-likeness (QED) is 0.825. The zero-order valence-electron chi connectivity index (χ0n) is 8.41. The second kappa shape index (κ2) is 8.00. The average Bonchev–Trinajstić information content (AvgIpc) is 2.28. The van der Waals surface area contributed by atoms with Crippen LogP contribution in [0.25, 0.3) is 0 Å². The van der Waals surface area contributed by atoms with Crippen molar-refractivity contribution in [3.8, 4) is 0 Å². The summed E-state index contributed by atoms with van der Waals surface area (Å²) in [5.74, 6) is 0.